The largest absolute Gasteiger partial charge is 0.443 e. The molecule has 0 aliphatic rings. The van der Waals surface area contributed by atoms with Crippen molar-refractivity contribution in [3.63, 3.8) is 0 Å². The lowest BCUT2D eigenvalue weighted by Gasteiger charge is -2.27. The van der Waals surface area contributed by atoms with Crippen molar-refractivity contribution in [2.75, 3.05) is 16.1 Å². The summed E-state index contributed by atoms with van der Waals surface area (Å²) in [6.07, 6.45) is 2.27. The first-order valence-corrected chi connectivity index (χ1v) is 14.6. The standard InChI is InChI=1S/C32H37ClN6O5/c1-21-19-23(35-28(40)15-16-33)11-14-25(21)38(29(41)43-31(2,3)4)27-20-26(39(36-27)30(42)44-32(5,6)7)22-9-12-24(13-10-22)37-18-8-17-34-37/h8-14,17-20H,15-16H2,1-7H3,(H,35,40). The van der Waals surface area contributed by atoms with E-state index in [9.17, 15) is 14.4 Å². The maximum Gasteiger partial charge on any atom is 0.435 e. The van der Waals surface area contributed by atoms with Gasteiger partial charge in [0.15, 0.2) is 5.82 Å². The quantitative estimate of drug-likeness (QED) is 0.213. The molecular weight excluding hydrogens is 584 g/mol. The summed E-state index contributed by atoms with van der Waals surface area (Å²) in [5.41, 5.74) is 1.91. The molecule has 0 radical (unpaired) electrons. The first-order chi connectivity index (χ1) is 20.6. The molecule has 44 heavy (non-hydrogen) atoms. The predicted octanol–water partition coefficient (Wildman–Crippen LogP) is 7.47. The van der Waals surface area contributed by atoms with Crippen LogP contribution >= 0.6 is 11.6 Å². The number of carbonyl (C=O) groups excluding carboxylic acids is 3. The average molecular weight is 621 g/mol. The van der Waals surface area contributed by atoms with E-state index in [0.29, 0.717) is 28.2 Å². The topological polar surface area (TPSA) is 121 Å². The smallest absolute Gasteiger partial charge is 0.435 e. The fraction of sp³-hybridized carbons (Fsp3) is 0.344. The Kier molecular flexibility index (Phi) is 9.48. The number of carbonyl (C=O) groups is 3. The second kappa shape index (κ2) is 12.9. The van der Waals surface area contributed by atoms with Crippen LogP contribution in [0.15, 0.2) is 67.0 Å². The zero-order chi connectivity index (χ0) is 32.2. The Bertz CT molecular complexity index is 1630. The Balaban J connectivity index is 1.83. The van der Waals surface area contributed by atoms with Crippen molar-refractivity contribution < 1.29 is 23.9 Å². The average Bonchev–Trinajstić information content (AvgIpc) is 3.59. The molecule has 1 N–H and O–H groups in total. The SMILES string of the molecule is Cc1cc(NC(=O)CCCl)ccc1N(C(=O)OC(C)(C)C)c1cc(-c2ccc(-n3cccn3)cc2)n(C(=O)OC(C)(C)C)n1. The first kappa shape index (κ1) is 32.3. The summed E-state index contributed by atoms with van der Waals surface area (Å²) in [5, 5.41) is 11.6. The van der Waals surface area contributed by atoms with E-state index in [4.69, 9.17) is 21.1 Å². The molecule has 232 valence electrons. The van der Waals surface area contributed by atoms with E-state index in [1.807, 2.05) is 36.5 Å². The fourth-order valence-corrected chi connectivity index (χ4v) is 4.42. The number of benzene rings is 2. The summed E-state index contributed by atoms with van der Waals surface area (Å²) in [6.45, 7) is 12.4. The van der Waals surface area contributed by atoms with Crippen LogP contribution in [0.5, 0.6) is 0 Å². The number of hydrogen-bond donors (Lipinski definition) is 1. The van der Waals surface area contributed by atoms with E-state index < -0.39 is 23.4 Å². The molecule has 4 rings (SSSR count). The Hall–Kier alpha value is -4.64. The minimum Gasteiger partial charge on any atom is -0.443 e. The van der Waals surface area contributed by atoms with Crippen LogP contribution in [-0.2, 0) is 14.3 Å². The number of hydrogen-bond acceptors (Lipinski definition) is 7. The van der Waals surface area contributed by atoms with Gasteiger partial charge in [0.2, 0.25) is 5.91 Å². The Morgan fingerprint density at radius 3 is 2.20 bits per heavy atom. The van der Waals surface area contributed by atoms with E-state index in [1.54, 1.807) is 83.6 Å². The lowest BCUT2D eigenvalue weighted by atomic mass is 10.1. The van der Waals surface area contributed by atoms with Crippen LogP contribution in [0.25, 0.3) is 16.9 Å². The number of nitrogens with one attached hydrogen (secondary N) is 1. The summed E-state index contributed by atoms with van der Waals surface area (Å²) >= 11 is 5.70. The number of halogens is 1. The van der Waals surface area contributed by atoms with Crippen molar-refractivity contribution in [3.8, 4) is 16.9 Å². The van der Waals surface area contributed by atoms with Crippen molar-refractivity contribution >= 4 is 46.9 Å². The Labute approximate surface area is 261 Å². The van der Waals surface area contributed by atoms with Gasteiger partial charge in [0.05, 0.1) is 17.1 Å². The van der Waals surface area contributed by atoms with Gasteiger partial charge in [0.25, 0.3) is 0 Å². The maximum absolute atomic E-state index is 13.7. The van der Waals surface area contributed by atoms with Gasteiger partial charge in [-0.25, -0.2) is 19.2 Å². The highest BCUT2D eigenvalue weighted by Gasteiger charge is 2.31. The second-order valence-electron chi connectivity index (χ2n) is 12.1. The molecule has 0 aliphatic heterocycles. The number of ether oxygens (including phenoxy) is 2. The number of alkyl halides is 1. The highest BCUT2D eigenvalue weighted by molar-refractivity contribution is 6.19. The summed E-state index contributed by atoms with van der Waals surface area (Å²) in [6, 6.07) is 15.9. The first-order valence-electron chi connectivity index (χ1n) is 14.1. The maximum atomic E-state index is 13.7. The highest BCUT2D eigenvalue weighted by atomic mass is 35.5. The Morgan fingerprint density at radius 2 is 1.64 bits per heavy atom. The number of rotatable bonds is 7. The zero-order valence-corrected chi connectivity index (χ0v) is 26.7. The molecule has 0 spiro atoms. The van der Waals surface area contributed by atoms with Crippen LogP contribution < -0.4 is 10.2 Å². The van der Waals surface area contributed by atoms with Crippen molar-refractivity contribution in [1.82, 2.24) is 19.6 Å². The third-order valence-corrected chi connectivity index (χ3v) is 6.23. The van der Waals surface area contributed by atoms with Crippen LogP contribution in [0.1, 0.15) is 53.5 Å². The third kappa shape index (κ3) is 8.04. The summed E-state index contributed by atoms with van der Waals surface area (Å²) < 4.78 is 14.3. The lowest BCUT2D eigenvalue weighted by Crippen LogP contribution is -2.34. The fourth-order valence-electron chi connectivity index (χ4n) is 4.25. The van der Waals surface area contributed by atoms with Crippen LogP contribution in [0.3, 0.4) is 0 Å². The molecular formula is C32H37ClN6O5. The summed E-state index contributed by atoms with van der Waals surface area (Å²) in [5.74, 6) is 0.109. The van der Waals surface area contributed by atoms with E-state index in [1.165, 1.54) is 4.90 Å². The van der Waals surface area contributed by atoms with Gasteiger partial charge in [-0.1, -0.05) is 12.1 Å². The number of aromatic nitrogens is 4. The van der Waals surface area contributed by atoms with Crippen LogP contribution in [0, 0.1) is 6.92 Å². The van der Waals surface area contributed by atoms with Crippen LogP contribution in [0.2, 0.25) is 0 Å². The van der Waals surface area contributed by atoms with Crippen molar-refractivity contribution in [2.45, 2.75) is 66.1 Å². The van der Waals surface area contributed by atoms with Crippen molar-refractivity contribution in [2.24, 2.45) is 0 Å². The van der Waals surface area contributed by atoms with Crippen LogP contribution in [-0.4, -0.2) is 54.7 Å². The minimum absolute atomic E-state index is 0.137. The molecule has 0 fully saturated rings. The molecule has 2 aromatic carbocycles. The number of nitrogens with zero attached hydrogens (tertiary/aromatic N) is 5. The van der Waals surface area contributed by atoms with Crippen LogP contribution in [0.4, 0.5) is 26.8 Å². The molecule has 2 heterocycles. The highest BCUT2D eigenvalue weighted by Crippen LogP contribution is 2.34. The number of aryl methyl sites for hydroxylation is 1. The summed E-state index contributed by atoms with van der Waals surface area (Å²) in [4.78, 5) is 40.6. The van der Waals surface area contributed by atoms with E-state index in [-0.39, 0.29) is 24.0 Å². The molecule has 0 atom stereocenters. The molecule has 4 aromatic rings. The van der Waals surface area contributed by atoms with Gasteiger partial charge in [-0.05, 0) is 90.4 Å². The second-order valence-corrected chi connectivity index (χ2v) is 12.5. The molecule has 0 saturated heterocycles. The van der Waals surface area contributed by atoms with Gasteiger partial charge in [0, 0.05) is 42.0 Å². The molecule has 0 bridgehead atoms. The lowest BCUT2D eigenvalue weighted by molar-refractivity contribution is -0.115. The molecule has 12 heteroatoms. The normalized spacial score (nSPS) is 11.6. The zero-order valence-electron chi connectivity index (χ0n) is 25.9. The minimum atomic E-state index is -0.822. The van der Waals surface area contributed by atoms with Gasteiger partial charge < -0.3 is 14.8 Å². The van der Waals surface area contributed by atoms with E-state index in [0.717, 1.165) is 10.4 Å². The third-order valence-electron chi connectivity index (χ3n) is 6.04. The van der Waals surface area contributed by atoms with Gasteiger partial charge in [-0.3, -0.25) is 4.79 Å². The molecule has 2 aromatic heterocycles. The number of amides is 2. The van der Waals surface area contributed by atoms with Gasteiger partial charge in [-0.2, -0.15) is 9.78 Å². The van der Waals surface area contributed by atoms with Gasteiger partial charge in [0.1, 0.15) is 11.2 Å². The van der Waals surface area contributed by atoms with Gasteiger partial charge >= 0.3 is 12.2 Å². The monoisotopic (exact) mass is 620 g/mol. The van der Waals surface area contributed by atoms with E-state index >= 15 is 0 Å². The molecule has 0 saturated carbocycles. The van der Waals surface area contributed by atoms with E-state index in [2.05, 4.69) is 15.5 Å². The summed E-state index contributed by atoms with van der Waals surface area (Å²) in [7, 11) is 0. The predicted molar refractivity (Wildman–Crippen MR) is 170 cm³/mol. The van der Waals surface area contributed by atoms with Crippen molar-refractivity contribution in [3.05, 3.63) is 72.6 Å². The molecule has 0 aliphatic carbocycles. The Morgan fingerprint density at radius 1 is 0.955 bits per heavy atom. The van der Waals surface area contributed by atoms with Gasteiger partial charge in [-0.15, -0.1) is 16.7 Å². The molecule has 0 unspecified atom stereocenters. The molecule has 2 amide bonds. The molecule has 11 nitrogen and oxygen atoms in total. The number of anilines is 3. The van der Waals surface area contributed by atoms with Crippen molar-refractivity contribution in [1.29, 1.82) is 0 Å².